The zero-order valence-corrected chi connectivity index (χ0v) is 12.6. The van der Waals surface area contributed by atoms with Gasteiger partial charge < -0.3 is 5.11 Å². The van der Waals surface area contributed by atoms with Crippen molar-refractivity contribution in [3.8, 4) is 5.75 Å². The predicted molar refractivity (Wildman–Crippen MR) is 93.2 cm³/mol. The Hall–Kier alpha value is -1.77. The molecule has 0 aliphatic rings. The Kier molecular flexibility index (Phi) is 5.74. The second-order valence-electron chi connectivity index (χ2n) is 4.82. The molecule has 3 aromatic rings. The topological polar surface area (TPSA) is 99.3 Å². The van der Waals surface area contributed by atoms with Crippen molar-refractivity contribution in [2.75, 3.05) is 0 Å². The van der Waals surface area contributed by atoms with Crippen LogP contribution in [0.4, 0.5) is 11.4 Å². The van der Waals surface area contributed by atoms with Crippen LogP contribution < -0.4 is 0 Å². The van der Waals surface area contributed by atoms with Gasteiger partial charge in [0.25, 0.3) is 10.1 Å². The number of phenolic OH excluding ortho intramolecular Hbond substituents is 1. The number of phenols is 1. The minimum absolute atomic E-state index is 0. The molecule has 0 radical (unpaired) electrons. The Morgan fingerprint density at radius 1 is 0.833 bits per heavy atom. The summed E-state index contributed by atoms with van der Waals surface area (Å²) in [4.78, 5) is -0.218. The number of nitrogens with zero attached hydrogens (tertiary/aromatic N) is 2. The van der Waals surface area contributed by atoms with Crippen LogP contribution in [0.2, 0.25) is 0 Å². The number of aromatic hydroxyl groups is 1. The van der Waals surface area contributed by atoms with Gasteiger partial charge in [-0.15, -0.1) is 5.11 Å². The van der Waals surface area contributed by atoms with Gasteiger partial charge in [0, 0.05) is 5.39 Å². The third-order valence-electron chi connectivity index (χ3n) is 3.28. The maximum atomic E-state index is 11.0. The first kappa shape index (κ1) is 18.6. The van der Waals surface area contributed by atoms with Crippen molar-refractivity contribution in [1.82, 2.24) is 0 Å². The van der Waals surface area contributed by atoms with E-state index in [9.17, 15) is 13.5 Å². The molecule has 0 amide bonds. The fourth-order valence-corrected chi connectivity index (χ4v) is 2.62. The van der Waals surface area contributed by atoms with Crippen LogP contribution in [0.3, 0.4) is 0 Å². The van der Waals surface area contributed by atoms with Gasteiger partial charge >= 0.3 is 29.6 Å². The van der Waals surface area contributed by atoms with Crippen LogP contribution in [0, 0.1) is 0 Å². The molecule has 8 heteroatoms. The molecule has 0 heterocycles. The zero-order valence-electron chi connectivity index (χ0n) is 11.8. The van der Waals surface area contributed by atoms with E-state index in [1.165, 1.54) is 30.3 Å². The van der Waals surface area contributed by atoms with Gasteiger partial charge in [-0.3, -0.25) is 4.55 Å². The summed E-state index contributed by atoms with van der Waals surface area (Å²) in [6.45, 7) is 0. The molecule has 0 saturated carbocycles. The standard InChI is InChI=1S/C16H12N2O4S.Na.H/c19-15-10-5-11-3-1-2-4-14(11)16(15)18-17-12-6-8-13(9-7-12)23(20,21)22;;/h1-10,19H,(H,20,21,22);;/b18-17+;;. The number of azo groups is 1. The Morgan fingerprint density at radius 2 is 1.50 bits per heavy atom. The van der Waals surface area contributed by atoms with E-state index in [1.54, 1.807) is 6.07 Å². The molecule has 0 fully saturated rings. The normalized spacial score (nSPS) is 11.5. The first-order valence-electron chi connectivity index (χ1n) is 6.65. The Labute approximate surface area is 160 Å². The summed E-state index contributed by atoms with van der Waals surface area (Å²) >= 11 is 0. The summed E-state index contributed by atoms with van der Waals surface area (Å²) in [6, 6.07) is 16.0. The molecule has 3 aromatic carbocycles. The Bertz CT molecular complexity index is 1000. The number of rotatable bonds is 3. The van der Waals surface area contributed by atoms with E-state index >= 15 is 0 Å². The van der Waals surface area contributed by atoms with Crippen molar-refractivity contribution in [3.05, 3.63) is 60.7 Å². The molecular formula is C16H13N2NaO4S. The van der Waals surface area contributed by atoms with E-state index in [0.29, 0.717) is 11.4 Å². The zero-order chi connectivity index (χ0) is 16.4. The molecule has 0 aromatic heterocycles. The number of fused-ring (bicyclic) bond motifs is 1. The second kappa shape index (κ2) is 7.42. The maximum absolute atomic E-state index is 11.0. The molecular weight excluding hydrogens is 339 g/mol. The average molecular weight is 352 g/mol. The van der Waals surface area contributed by atoms with Gasteiger partial charge in [0.05, 0.1) is 10.6 Å². The van der Waals surface area contributed by atoms with Gasteiger partial charge in [0.2, 0.25) is 0 Å². The molecule has 0 atom stereocenters. The van der Waals surface area contributed by atoms with Crippen molar-refractivity contribution >= 4 is 61.8 Å². The van der Waals surface area contributed by atoms with Crippen LogP contribution in [0.25, 0.3) is 10.8 Å². The average Bonchev–Trinajstić information content (AvgIpc) is 2.53. The summed E-state index contributed by atoms with van der Waals surface area (Å²) in [5, 5.41) is 19.7. The van der Waals surface area contributed by atoms with Crippen LogP contribution in [0.15, 0.2) is 75.8 Å². The van der Waals surface area contributed by atoms with Crippen molar-refractivity contribution in [2.24, 2.45) is 10.2 Å². The van der Waals surface area contributed by atoms with E-state index in [4.69, 9.17) is 4.55 Å². The van der Waals surface area contributed by atoms with Crippen LogP contribution in [0.5, 0.6) is 5.75 Å². The van der Waals surface area contributed by atoms with E-state index < -0.39 is 10.1 Å². The molecule has 24 heavy (non-hydrogen) atoms. The number of hydrogen-bond donors (Lipinski definition) is 2. The fraction of sp³-hybridized carbons (Fsp3) is 0. The molecule has 0 spiro atoms. The van der Waals surface area contributed by atoms with E-state index in [0.717, 1.165) is 10.8 Å². The first-order valence-corrected chi connectivity index (χ1v) is 8.09. The summed E-state index contributed by atoms with van der Waals surface area (Å²) < 4.78 is 30.9. The minimum atomic E-state index is -4.23. The van der Waals surface area contributed by atoms with Gasteiger partial charge in [-0.2, -0.15) is 13.5 Å². The third-order valence-corrected chi connectivity index (χ3v) is 4.15. The van der Waals surface area contributed by atoms with Gasteiger partial charge in [0.15, 0.2) is 0 Å². The third kappa shape index (κ3) is 4.00. The van der Waals surface area contributed by atoms with Crippen LogP contribution in [0.1, 0.15) is 0 Å². The summed E-state index contributed by atoms with van der Waals surface area (Å²) in [5.41, 5.74) is 0.728. The van der Waals surface area contributed by atoms with E-state index in [1.807, 2.05) is 24.3 Å². The molecule has 0 aliphatic carbocycles. The first-order chi connectivity index (χ1) is 10.9. The summed E-state index contributed by atoms with van der Waals surface area (Å²) in [6.07, 6.45) is 0. The Morgan fingerprint density at radius 3 is 2.17 bits per heavy atom. The van der Waals surface area contributed by atoms with E-state index in [-0.39, 0.29) is 40.2 Å². The molecule has 0 unspecified atom stereocenters. The van der Waals surface area contributed by atoms with Crippen LogP contribution in [-0.2, 0) is 10.1 Å². The predicted octanol–water partition coefficient (Wildman–Crippen LogP) is 3.56. The van der Waals surface area contributed by atoms with Gasteiger partial charge in [0.1, 0.15) is 11.4 Å². The quantitative estimate of drug-likeness (QED) is 0.428. The summed E-state index contributed by atoms with van der Waals surface area (Å²) in [5.74, 6) is 0.00186. The Balaban J connectivity index is 0.00000208. The van der Waals surface area contributed by atoms with Crippen molar-refractivity contribution < 1.29 is 18.1 Å². The molecule has 3 rings (SSSR count). The molecule has 2 N–H and O–H groups in total. The molecule has 0 aliphatic heterocycles. The molecule has 0 saturated heterocycles. The molecule has 118 valence electrons. The molecule has 6 nitrogen and oxygen atoms in total. The van der Waals surface area contributed by atoms with Gasteiger partial charge in [-0.05, 0) is 35.7 Å². The van der Waals surface area contributed by atoms with Gasteiger partial charge in [-0.25, -0.2) is 0 Å². The van der Waals surface area contributed by atoms with E-state index in [2.05, 4.69) is 10.2 Å². The fourth-order valence-electron chi connectivity index (χ4n) is 2.14. The van der Waals surface area contributed by atoms with Crippen LogP contribution >= 0.6 is 0 Å². The monoisotopic (exact) mass is 352 g/mol. The number of benzene rings is 3. The van der Waals surface area contributed by atoms with Crippen molar-refractivity contribution in [1.29, 1.82) is 0 Å². The summed E-state index contributed by atoms with van der Waals surface area (Å²) in [7, 11) is -4.23. The second-order valence-corrected chi connectivity index (χ2v) is 6.24. The van der Waals surface area contributed by atoms with Gasteiger partial charge in [-0.1, -0.05) is 30.3 Å². The SMILES string of the molecule is O=S(=O)(O)c1ccc(/N=N/c2c(O)ccc3ccccc23)cc1.[NaH]. The van der Waals surface area contributed by atoms with Crippen molar-refractivity contribution in [2.45, 2.75) is 4.90 Å². The number of hydrogen-bond acceptors (Lipinski definition) is 5. The van der Waals surface area contributed by atoms with Crippen molar-refractivity contribution in [3.63, 3.8) is 0 Å². The molecule has 0 bridgehead atoms. The van der Waals surface area contributed by atoms with Crippen LogP contribution in [-0.4, -0.2) is 47.6 Å².